The van der Waals surface area contributed by atoms with Crippen LogP contribution in [0.1, 0.15) is 33.5 Å². The predicted molar refractivity (Wildman–Crippen MR) is 153 cm³/mol. The zero-order chi connectivity index (χ0) is 26.2. The van der Waals surface area contributed by atoms with E-state index in [4.69, 9.17) is 4.98 Å². The summed E-state index contributed by atoms with van der Waals surface area (Å²) in [5.41, 5.74) is 8.53. The molecule has 0 fully saturated rings. The lowest BCUT2D eigenvalue weighted by Crippen LogP contribution is -2.32. The van der Waals surface area contributed by atoms with E-state index in [0.717, 1.165) is 45.6 Å². The molecule has 0 saturated heterocycles. The van der Waals surface area contributed by atoms with Gasteiger partial charge in [-0.25, -0.2) is 9.78 Å². The summed E-state index contributed by atoms with van der Waals surface area (Å²) < 4.78 is 0. The van der Waals surface area contributed by atoms with E-state index in [-0.39, 0.29) is 0 Å². The van der Waals surface area contributed by atoms with Crippen LogP contribution in [0.5, 0.6) is 0 Å². The maximum Gasteiger partial charge on any atom is 0.327 e. The number of fused-ring (bicyclic) bond motifs is 2. The van der Waals surface area contributed by atoms with E-state index < -0.39 is 11.2 Å². The zero-order valence-corrected chi connectivity index (χ0v) is 21.4. The summed E-state index contributed by atoms with van der Waals surface area (Å²) >= 11 is 0. The Morgan fingerprint density at radius 3 is 2.24 bits per heavy atom. The first-order chi connectivity index (χ1) is 18.4. The largest absolute Gasteiger partial charge is 0.327 e. The predicted octanol–water partition coefficient (Wildman–Crippen LogP) is 5.45. The standard InChI is InChI=1S/C32H28N4O2/c1-20-8-12-22(13-9-20)16-25-18-36(17-23-6-4-3-5-7-23)19-26-27(24-14-10-21(2)11-15-24)28-30(33-29(25)26)34-32(38)35-31(28)37/h3-16H,17-19H2,1-2H3,(H2,33,34,35,37,38)/b25-16+. The van der Waals surface area contributed by atoms with Crippen molar-refractivity contribution in [1.82, 2.24) is 19.9 Å². The highest BCUT2D eigenvalue weighted by Gasteiger charge is 2.28. The summed E-state index contributed by atoms with van der Waals surface area (Å²) in [6.07, 6.45) is 2.17. The molecule has 188 valence electrons. The number of aromatic nitrogens is 3. The maximum absolute atomic E-state index is 13.2. The fourth-order valence-corrected chi connectivity index (χ4v) is 5.22. The first-order valence-corrected chi connectivity index (χ1v) is 12.7. The van der Waals surface area contributed by atoms with Crippen molar-refractivity contribution in [2.24, 2.45) is 0 Å². The Bertz CT molecular complexity index is 1780. The van der Waals surface area contributed by atoms with Gasteiger partial charge in [0.25, 0.3) is 5.56 Å². The number of benzene rings is 3. The molecule has 0 unspecified atom stereocenters. The molecule has 5 aromatic rings. The highest BCUT2D eigenvalue weighted by atomic mass is 16.2. The second kappa shape index (κ2) is 9.72. The van der Waals surface area contributed by atoms with E-state index in [2.05, 4.69) is 76.4 Å². The lowest BCUT2D eigenvalue weighted by Gasteiger charge is -2.32. The zero-order valence-electron chi connectivity index (χ0n) is 21.4. The molecular formula is C32H28N4O2. The van der Waals surface area contributed by atoms with Gasteiger partial charge in [-0.1, -0.05) is 90.0 Å². The minimum absolute atomic E-state index is 0.305. The molecule has 1 aliphatic heterocycles. The van der Waals surface area contributed by atoms with Gasteiger partial charge in [0.2, 0.25) is 0 Å². The number of H-pyrrole nitrogens is 2. The van der Waals surface area contributed by atoms with Gasteiger partial charge >= 0.3 is 5.69 Å². The molecular weight excluding hydrogens is 472 g/mol. The molecule has 2 aromatic heterocycles. The summed E-state index contributed by atoms with van der Waals surface area (Å²) in [6, 6.07) is 27.0. The number of hydrogen-bond donors (Lipinski definition) is 2. The average molecular weight is 501 g/mol. The van der Waals surface area contributed by atoms with Gasteiger partial charge in [0.1, 0.15) is 5.65 Å². The molecule has 2 N–H and O–H groups in total. The summed E-state index contributed by atoms with van der Waals surface area (Å²) in [6.45, 7) is 6.19. The fraction of sp³-hybridized carbons (Fsp3) is 0.156. The van der Waals surface area contributed by atoms with Crippen LogP contribution in [0, 0.1) is 13.8 Å². The van der Waals surface area contributed by atoms with Crippen LogP contribution in [-0.2, 0) is 13.1 Å². The third kappa shape index (κ3) is 4.62. The highest BCUT2D eigenvalue weighted by Crippen LogP contribution is 2.38. The first-order valence-electron chi connectivity index (χ1n) is 12.7. The van der Waals surface area contributed by atoms with Crippen molar-refractivity contribution in [3.05, 3.63) is 133 Å². The molecule has 0 amide bonds. The average Bonchev–Trinajstić information content (AvgIpc) is 2.90. The fourth-order valence-electron chi connectivity index (χ4n) is 5.22. The van der Waals surface area contributed by atoms with Crippen LogP contribution >= 0.6 is 0 Å². The lowest BCUT2D eigenvalue weighted by atomic mass is 9.89. The SMILES string of the molecule is Cc1ccc(/C=C2\CN(Cc3ccccc3)Cc3c2nc2[nH]c(=O)[nH]c(=O)c2c3-c2ccc(C)cc2)cc1. The number of hydrogen-bond acceptors (Lipinski definition) is 4. The van der Waals surface area contributed by atoms with Crippen molar-refractivity contribution < 1.29 is 0 Å². The molecule has 0 bridgehead atoms. The van der Waals surface area contributed by atoms with Crippen molar-refractivity contribution >= 4 is 22.7 Å². The lowest BCUT2D eigenvalue weighted by molar-refractivity contribution is 0.283. The number of aromatic amines is 2. The van der Waals surface area contributed by atoms with Crippen molar-refractivity contribution in [3.8, 4) is 11.1 Å². The van der Waals surface area contributed by atoms with E-state index in [0.29, 0.717) is 24.1 Å². The maximum atomic E-state index is 13.2. The second-order valence-corrected chi connectivity index (χ2v) is 10.0. The van der Waals surface area contributed by atoms with Gasteiger partial charge in [0.15, 0.2) is 0 Å². The van der Waals surface area contributed by atoms with Crippen LogP contribution in [0.15, 0.2) is 88.5 Å². The van der Waals surface area contributed by atoms with Crippen LogP contribution < -0.4 is 11.2 Å². The molecule has 6 heteroatoms. The Morgan fingerprint density at radius 2 is 1.53 bits per heavy atom. The van der Waals surface area contributed by atoms with E-state index in [1.807, 2.05) is 37.3 Å². The van der Waals surface area contributed by atoms with Crippen LogP contribution in [0.2, 0.25) is 0 Å². The highest BCUT2D eigenvalue weighted by molar-refractivity contribution is 5.98. The summed E-state index contributed by atoms with van der Waals surface area (Å²) in [5.74, 6) is 0. The molecule has 6 nitrogen and oxygen atoms in total. The normalized spacial score (nSPS) is 14.6. The number of aryl methyl sites for hydroxylation is 2. The van der Waals surface area contributed by atoms with Gasteiger partial charge in [-0.3, -0.25) is 19.7 Å². The van der Waals surface area contributed by atoms with Crippen molar-refractivity contribution in [2.75, 3.05) is 6.54 Å². The first kappa shape index (κ1) is 23.8. The molecule has 0 atom stereocenters. The number of nitrogens with zero attached hydrogens (tertiary/aromatic N) is 2. The molecule has 0 spiro atoms. The molecule has 0 aliphatic carbocycles. The summed E-state index contributed by atoms with van der Waals surface area (Å²) in [4.78, 5) is 37.9. The topological polar surface area (TPSA) is 81.8 Å². The van der Waals surface area contributed by atoms with E-state index in [1.165, 1.54) is 11.1 Å². The van der Waals surface area contributed by atoms with Crippen LogP contribution in [0.3, 0.4) is 0 Å². The number of pyridine rings is 1. The van der Waals surface area contributed by atoms with E-state index in [1.54, 1.807) is 0 Å². The van der Waals surface area contributed by atoms with Gasteiger partial charge in [-0.2, -0.15) is 0 Å². The Hall–Kier alpha value is -4.55. The molecule has 1 aliphatic rings. The number of rotatable bonds is 4. The van der Waals surface area contributed by atoms with Crippen LogP contribution in [-0.4, -0.2) is 26.4 Å². The molecule has 3 heterocycles. The van der Waals surface area contributed by atoms with E-state index in [9.17, 15) is 9.59 Å². The molecule has 6 rings (SSSR count). The van der Waals surface area contributed by atoms with Gasteiger partial charge in [0, 0.05) is 30.8 Å². The monoisotopic (exact) mass is 500 g/mol. The van der Waals surface area contributed by atoms with Gasteiger partial charge in [-0.05, 0) is 42.2 Å². The quantitative estimate of drug-likeness (QED) is 0.344. The third-order valence-electron chi connectivity index (χ3n) is 7.07. The second-order valence-electron chi connectivity index (χ2n) is 10.0. The van der Waals surface area contributed by atoms with Crippen molar-refractivity contribution in [2.45, 2.75) is 26.9 Å². The van der Waals surface area contributed by atoms with Crippen LogP contribution in [0.25, 0.3) is 33.8 Å². The smallest absolute Gasteiger partial charge is 0.291 e. The Labute approximate surface area is 220 Å². The van der Waals surface area contributed by atoms with Gasteiger partial charge in [-0.15, -0.1) is 0 Å². The minimum Gasteiger partial charge on any atom is -0.291 e. The molecule has 0 radical (unpaired) electrons. The Kier molecular flexibility index (Phi) is 6.10. The third-order valence-corrected chi connectivity index (χ3v) is 7.07. The van der Waals surface area contributed by atoms with Crippen molar-refractivity contribution in [1.29, 1.82) is 0 Å². The van der Waals surface area contributed by atoms with Gasteiger partial charge < -0.3 is 0 Å². The number of nitrogens with one attached hydrogen (secondary N) is 2. The molecule has 3 aromatic carbocycles. The van der Waals surface area contributed by atoms with Crippen LogP contribution in [0.4, 0.5) is 0 Å². The summed E-state index contributed by atoms with van der Waals surface area (Å²) in [7, 11) is 0. The summed E-state index contributed by atoms with van der Waals surface area (Å²) in [5, 5.41) is 0.406. The van der Waals surface area contributed by atoms with Crippen molar-refractivity contribution in [3.63, 3.8) is 0 Å². The van der Waals surface area contributed by atoms with E-state index >= 15 is 0 Å². The molecule has 38 heavy (non-hydrogen) atoms. The Morgan fingerprint density at radius 1 is 0.842 bits per heavy atom. The minimum atomic E-state index is -0.560. The molecule has 0 saturated carbocycles. The van der Waals surface area contributed by atoms with Gasteiger partial charge in [0.05, 0.1) is 11.1 Å². The Balaban J connectivity index is 1.62.